The molecule has 0 radical (unpaired) electrons. The number of imidazole rings is 1. The van der Waals surface area contributed by atoms with Crippen molar-refractivity contribution in [1.29, 1.82) is 0 Å². The number of piperidine rings is 1. The molecule has 1 aliphatic rings. The molecule has 158 valence electrons. The van der Waals surface area contributed by atoms with E-state index in [0.717, 1.165) is 48.3 Å². The predicted octanol–water partition coefficient (Wildman–Crippen LogP) is 4.16. The monoisotopic (exact) mass is 416 g/mol. The van der Waals surface area contributed by atoms with Crippen LogP contribution >= 0.6 is 0 Å². The van der Waals surface area contributed by atoms with Crippen molar-refractivity contribution >= 4 is 11.2 Å². The molecule has 0 unspecified atom stereocenters. The third-order valence-electron chi connectivity index (χ3n) is 6.02. The highest BCUT2D eigenvalue weighted by molar-refractivity contribution is 5.79. The summed E-state index contributed by atoms with van der Waals surface area (Å²) >= 11 is 0. The molecule has 1 saturated heterocycles. The molecule has 0 amide bonds. The summed E-state index contributed by atoms with van der Waals surface area (Å²) in [7, 11) is 0. The van der Waals surface area contributed by atoms with Gasteiger partial charge >= 0.3 is 0 Å². The van der Waals surface area contributed by atoms with E-state index in [4.69, 9.17) is 4.98 Å². The topological polar surface area (TPSA) is 68.5 Å². The number of fused-ring (bicyclic) bond motifs is 1. The lowest BCUT2D eigenvalue weighted by atomic mass is 9.89. The van der Waals surface area contributed by atoms with Crippen LogP contribution in [0.5, 0.6) is 0 Å². The van der Waals surface area contributed by atoms with Crippen LogP contribution in [0.25, 0.3) is 22.6 Å². The summed E-state index contributed by atoms with van der Waals surface area (Å²) in [6.07, 6.45) is 5.59. The maximum Gasteiger partial charge on any atom is 0.164 e. The number of benzene rings is 1. The maximum absolute atomic E-state index is 15.2. The minimum Gasteiger partial charge on any atom is -0.317 e. The standard InChI is InChI=1S/C24H25FN6/c1-15-22-24(29-16(2)28-15)31(23(30-22)19-4-3-9-27-13-19)14-20-6-5-18(12-21(20)25)17-7-10-26-11-8-17/h3-6,9,12-13,17,26H,7-8,10-11,14H2,1-2H3. The number of hydrogen-bond donors (Lipinski definition) is 1. The Hall–Kier alpha value is -3.19. The molecule has 4 aromatic rings. The van der Waals surface area contributed by atoms with Gasteiger partial charge in [0.25, 0.3) is 0 Å². The lowest BCUT2D eigenvalue weighted by Crippen LogP contribution is -2.26. The zero-order chi connectivity index (χ0) is 21.4. The van der Waals surface area contributed by atoms with Crippen molar-refractivity contribution in [2.24, 2.45) is 0 Å². The molecule has 0 spiro atoms. The number of hydrogen-bond acceptors (Lipinski definition) is 5. The Balaban J connectivity index is 1.58. The summed E-state index contributed by atoms with van der Waals surface area (Å²) in [5.74, 6) is 1.62. The molecule has 5 rings (SSSR count). The van der Waals surface area contributed by atoms with E-state index < -0.39 is 0 Å². The fourth-order valence-corrected chi connectivity index (χ4v) is 4.41. The van der Waals surface area contributed by atoms with Gasteiger partial charge in [-0.1, -0.05) is 12.1 Å². The SMILES string of the molecule is Cc1nc(C)c2nc(-c3cccnc3)n(Cc3ccc(C4CCNCC4)cc3F)c2n1. The van der Waals surface area contributed by atoms with Crippen LogP contribution < -0.4 is 5.32 Å². The predicted molar refractivity (Wildman–Crippen MR) is 118 cm³/mol. The highest BCUT2D eigenvalue weighted by Gasteiger charge is 2.20. The van der Waals surface area contributed by atoms with Crippen LogP contribution in [0.3, 0.4) is 0 Å². The van der Waals surface area contributed by atoms with Crippen LogP contribution in [0.15, 0.2) is 42.7 Å². The van der Waals surface area contributed by atoms with Crippen molar-refractivity contribution in [1.82, 2.24) is 29.8 Å². The minimum absolute atomic E-state index is 0.183. The van der Waals surface area contributed by atoms with E-state index in [1.807, 2.05) is 36.6 Å². The first-order valence-electron chi connectivity index (χ1n) is 10.7. The van der Waals surface area contributed by atoms with Gasteiger partial charge in [0.1, 0.15) is 23.0 Å². The number of halogens is 1. The molecule has 4 heterocycles. The van der Waals surface area contributed by atoms with Crippen molar-refractivity contribution in [3.63, 3.8) is 0 Å². The molecule has 0 saturated carbocycles. The number of nitrogens with one attached hydrogen (secondary N) is 1. The molecule has 3 aromatic heterocycles. The van der Waals surface area contributed by atoms with Crippen molar-refractivity contribution < 1.29 is 4.39 Å². The maximum atomic E-state index is 15.2. The number of nitrogens with zero attached hydrogens (tertiary/aromatic N) is 5. The normalized spacial score (nSPS) is 14.9. The van der Waals surface area contributed by atoms with Gasteiger partial charge in [-0.05, 0) is 69.5 Å². The fraction of sp³-hybridized carbons (Fsp3) is 0.333. The Labute approximate surface area is 180 Å². The first kappa shape index (κ1) is 19.8. The van der Waals surface area contributed by atoms with E-state index in [9.17, 15) is 0 Å². The number of aryl methyl sites for hydroxylation is 2. The van der Waals surface area contributed by atoms with E-state index in [2.05, 4.69) is 26.3 Å². The Morgan fingerprint density at radius 2 is 1.94 bits per heavy atom. The Morgan fingerprint density at radius 1 is 1.10 bits per heavy atom. The van der Waals surface area contributed by atoms with E-state index in [1.165, 1.54) is 0 Å². The van der Waals surface area contributed by atoms with Crippen molar-refractivity contribution in [2.45, 2.75) is 39.2 Å². The zero-order valence-electron chi connectivity index (χ0n) is 17.8. The van der Waals surface area contributed by atoms with Gasteiger partial charge in [0, 0.05) is 23.5 Å². The molecule has 31 heavy (non-hydrogen) atoms. The molecule has 0 aliphatic carbocycles. The molecular formula is C24H25FN6. The first-order valence-corrected chi connectivity index (χ1v) is 10.7. The Kier molecular flexibility index (Phi) is 5.19. The van der Waals surface area contributed by atoms with Crippen LogP contribution in [0.4, 0.5) is 4.39 Å². The summed E-state index contributed by atoms with van der Waals surface area (Å²) in [4.78, 5) is 18.1. The van der Waals surface area contributed by atoms with Crippen molar-refractivity contribution in [3.05, 3.63) is 71.2 Å². The molecule has 1 N–H and O–H groups in total. The number of aromatic nitrogens is 5. The lowest BCUT2D eigenvalue weighted by molar-refractivity contribution is 0.458. The largest absolute Gasteiger partial charge is 0.317 e. The van der Waals surface area contributed by atoms with E-state index >= 15 is 4.39 Å². The first-order chi connectivity index (χ1) is 15.1. The van der Waals surface area contributed by atoms with Gasteiger partial charge in [0.05, 0.1) is 12.2 Å². The average molecular weight is 417 g/mol. The number of pyridine rings is 1. The molecule has 6 nitrogen and oxygen atoms in total. The van der Waals surface area contributed by atoms with Gasteiger partial charge in [-0.3, -0.25) is 4.98 Å². The lowest BCUT2D eigenvalue weighted by Gasteiger charge is -2.23. The molecule has 1 aromatic carbocycles. The number of rotatable bonds is 4. The summed E-state index contributed by atoms with van der Waals surface area (Å²) in [5, 5.41) is 3.37. The summed E-state index contributed by atoms with van der Waals surface area (Å²) in [5.41, 5.74) is 4.83. The molecular weight excluding hydrogens is 391 g/mol. The third kappa shape index (κ3) is 3.81. The highest BCUT2D eigenvalue weighted by atomic mass is 19.1. The second-order valence-corrected chi connectivity index (χ2v) is 8.17. The van der Waals surface area contributed by atoms with Gasteiger partial charge < -0.3 is 9.88 Å². The van der Waals surface area contributed by atoms with Gasteiger partial charge in [-0.15, -0.1) is 0 Å². The average Bonchev–Trinajstić information content (AvgIpc) is 3.15. The van der Waals surface area contributed by atoms with Gasteiger partial charge in [0.2, 0.25) is 0 Å². The molecule has 0 bridgehead atoms. The molecule has 7 heteroatoms. The van der Waals surface area contributed by atoms with E-state index in [0.29, 0.717) is 35.3 Å². The quantitative estimate of drug-likeness (QED) is 0.541. The summed E-state index contributed by atoms with van der Waals surface area (Å²) in [6, 6.07) is 9.52. The second-order valence-electron chi connectivity index (χ2n) is 8.17. The molecule has 1 fully saturated rings. The Morgan fingerprint density at radius 3 is 2.68 bits per heavy atom. The van der Waals surface area contributed by atoms with Crippen LogP contribution in [0, 0.1) is 19.7 Å². The molecule has 1 aliphatic heterocycles. The van der Waals surface area contributed by atoms with Gasteiger partial charge in [-0.2, -0.15) is 0 Å². The van der Waals surface area contributed by atoms with Crippen LogP contribution in [0.2, 0.25) is 0 Å². The van der Waals surface area contributed by atoms with Crippen LogP contribution in [-0.4, -0.2) is 37.6 Å². The summed E-state index contributed by atoms with van der Waals surface area (Å²) in [6.45, 7) is 6.11. The Bertz CT molecular complexity index is 1230. The second kappa shape index (κ2) is 8.15. The van der Waals surface area contributed by atoms with Gasteiger partial charge in [-0.25, -0.2) is 19.3 Å². The van der Waals surface area contributed by atoms with Crippen LogP contribution in [0.1, 0.15) is 41.4 Å². The fourth-order valence-electron chi connectivity index (χ4n) is 4.41. The van der Waals surface area contributed by atoms with Crippen molar-refractivity contribution in [2.75, 3.05) is 13.1 Å². The van der Waals surface area contributed by atoms with E-state index in [1.54, 1.807) is 18.5 Å². The minimum atomic E-state index is -0.183. The van der Waals surface area contributed by atoms with E-state index in [-0.39, 0.29) is 5.82 Å². The third-order valence-corrected chi connectivity index (χ3v) is 6.02. The van der Waals surface area contributed by atoms with Gasteiger partial charge in [0.15, 0.2) is 5.65 Å². The zero-order valence-corrected chi connectivity index (χ0v) is 17.8. The highest BCUT2D eigenvalue weighted by Crippen LogP contribution is 2.29. The van der Waals surface area contributed by atoms with Crippen LogP contribution in [-0.2, 0) is 6.54 Å². The van der Waals surface area contributed by atoms with Crippen molar-refractivity contribution in [3.8, 4) is 11.4 Å². The smallest absolute Gasteiger partial charge is 0.164 e. The molecule has 0 atom stereocenters. The summed E-state index contributed by atoms with van der Waals surface area (Å²) < 4.78 is 17.2.